The maximum Gasteiger partial charge on any atom is 0.331 e. The fourth-order valence-corrected chi connectivity index (χ4v) is 2.96. The van der Waals surface area contributed by atoms with E-state index >= 15 is 0 Å². The summed E-state index contributed by atoms with van der Waals surface area (Å²) in [6.45, 7) is 1.19. The number of carbonyl (C=O) groups excluding carboxylic acids is 2. The Labute approximate surface area is 174 Å². The van der Waals surface area contributed by atoms with E-state index in [0.717, 1.165) is 6.08 Å². The van der Waals surface area contributed by atoms with Crippen molar-refractivity contribution in [1.29, 1.82) is 0 Å². The number of hydrogen-bond acceptors (Lipinski definition) is 5. The molecule has 3 aromatic rings. The van der Waals surface area contributed by atoms with Crippen LogP contribution in [-0.2, 0) is 21.4 Å². The number of halogens is 1. The van der Waals surface area contributed by atoms with Crippen LogP contribution in [0.5, 0.6) is 0 Å². The number of para-hydroxylation sites is 1. The van der Waals surface area contributed by atoms with Gasteiger partial charge in [-0.3, -0.25) is 14.3 Å². The molecule has 0 fully saturated rings. The summed E-state index contributed by atoms with van der Waals surface area (Å²) in [5.41, 5.74) is 0.999. The number of ether oxygens (including phenoxy) is 1. The van der Waals surface area contributed by atoms with E-state index in [1.807, 2.05) is 18.2 Å². The lowest BCUT2D eigenvalue weighted by Gasteiger charge is -2.07. The minimum absolute atomic E-state index is 0.133. The largest absolute Gasteiger partial charge is 0.452 e. The molecule has 8 nitrogen and oxygen atoms in total. The molecule has 3 rings (SSSR count). The molecule has 0 radical (unpaired) electrons. The number of rotatable bonds is 6. The molecule has 0 unspecified atom stereocenters. The standard InChI is InChI=1S/C20H18BrN3O5/c1-13-19(20(27)24(23(13)2)14-6-4-3-5-7-14)22-17(25)12-28-18(26)11-9-15-8-10-16(21)29-15/h3-11H,12H2,1-2H3,(H,22,25). The van der Waals surface area contributed by atoms with Crippen LogP contribution >= 0.6 is 15.9 Å². The Kier molecular flexibility index (Phi) is 6.18. The number of anilines is 1. The third-order valence-corrected chi connectivity index (χ3v) is 4.57. The summed E-state index contributed by atoms with van der Waals surface area (Å²) in [6.07, 6.45) is 2.57. The fourth-order valence-electron chi connectivity index (χ4n) is 2.64. The molecule has 0 atom stereocenters. The summed E-state index contributed by atoms with van der Waals surface area (Å²) in [7, 11) is 1.72. The molecule has 1 amide bonds. The van der Waals surface area contributed by atoms with E-state index in [1.54, 1.807) is 42.9 Å². The number of esters is 1. The Balaban J connectivity index is 1.64. The SMILES string of the molecule is Cc1c(NC(=O)COC(=O)C=Cc2ccc(Br)o2)c(=O)n(-c2ccccc2)n1C. The molecule has 9 heteroatoms. The van der Waals surface area contributed by atoms with Crippen LogP contribution in [0.1, 0.15) is 11.5 Å². The lowest BCUT2D eigenvalue weighted by molar-refractivity contribution is -0.142. The molecule has 0 aliphatic rings. The zero-order valence-corrected chi connectivity index (χ0v) is 17.3. The smallest absolute Gasteiger partial charge is 0.331 e. The fraction of sp³-hybridized carbons (Fsp3) is 0.150. The first-order valence-corrected chi connectivity index (χ1v) is 9.40. The van der Waals surface area contributed by atoms with Gasteiger partial charge in [-0.15, -0.1) is 0 Å². The minimum atomic E-state index is -0.709. The van der Waals surface area contributed by atoms with Gasteiger partial charge in [-0.05, 0) is 53.2 Å². The van der Waals surface area contributed by atoms with E-state index in [2.05, 4.69) is 21.2 Å². The molecular formula is C20H18BrN3O5. The Morgan fingerprint density at radius 3 is 2.59 bits per heavy atom. The molecule has 1 N–H and O–H groups in total. The Morgan fingerprint density at radius 2 is 1.93 bits per heavy atom. The van der Waals surface area contributed by atoms with Crippen LogP contribution in [0.25, 0.3) is 11.8 Å². The van der Waals surface area contributed by atoms with E-state index in [9.17, 15) is 14.4 Å². The number of amides is 1. The average Bonchev–Trinajstić information content (AvgIpc) is 3.22. The molecule has 29 heavy (non-hydrogen) atoms. The number of hydrogen-bond donors (Lipinski definition) is 1. The molecule has 150 valence electrons. The Morgan fingerprint density at radius 1 is 1.21 bits per heavy atom. The van der Waals surface area contributed by atoms with Gasteiger partial charge in [0.05, 0.1) is 11.4 Å². The minimum Gasteiger partial charge on any atom is -0.452 e. The van der Waals surface area contributed by atoms with Crippen molar-refractivity contribution < 1.29 is 18.7 Å². The highest BCUT2D eigenvalue weighted by Gasteiger charge is 2.18. The maximum atomic E-state index is 12.7. The quantitative estimate of drug-likeness (QED) is 0.451. The summed E-state index contributed by atoms with van der Waals surface area (Å²) < 4.78 is 13.7. The first-order chi connectivity index (χ1) is 13.9. The maximum absolute atomic E-state index is 12.7. The van der Waals surface area contributed by atoms with Crippen molar-refractivity contribution in [2.75, 3.05) is 11.9 Å². The van der Waals surface area contributed by atoms with Gasteiger partial charge in [-0.1, -0.05) is 18.2 Å². The number of benzene rings is 1. The van der Waals surface area contributed by atoms with Gasteiger partial charge in [0, 0.05) is 13.1 Å². The van der Waals surface area contributed by atoms with Crippen LogP contribution in [0.4, 0.5) is 5.69 Å². The molecule has 2 heterocycles. The lowest BCUT2D eigenvalue weighted by Crippen LogP contribution is -2.25. The van der Waals surface area contributed by atoms with E-state index < -0.39 is 18.5 Å². The molecule has 1 aromatic carbocycles. The summed E-state index contributed by atoms with van der Waals surface area (Å²) in [5.74, 6) is -0.864. The van der Waals surface area contributed by atoms with Crippen molar-refractivity contribution in [2.45, 2.75) is 6.92 Å². The van der Waals surface area contributed by atoms with Crippen LogP contribution < -0.4 is 10.9 Å². The first kappa shape index (κ1) is 20.4. The summed E-state index contributed by atoms with van der Waals surface area (Å²) in [4.78, 5) is 36.6. The molecule has 0 spiro atoms. The second-order valence-electron chi connectivity index (χ2n) is 6.07. The highest BCUT2D eigenvalue weighted by molar-refractivity contribution is 9.10. The summed E-state index contributed by atoms with van der Waals surface area (Å²) in [6, 6.07) is 12.4. The topological polar surface area (TPSA) is 95.5 Å². The molecular weight excluding hydrogens is 442 g/mol. The van der Waals surface area contributed by atoms with E-state index in [4.69, 9.17) is 9.15 Å². The van der Waals surface area contributed by atoms with Crippen molar-refractivity contribution in [3.63, 3.8) is 0 Å². The third kappa shape index (κ3) is 4.75. The number of carbonyl (C=O) groups is 2. The predicted molar refractivity (Wildman–Crippen MR) is 111 cm³/mol. The molecule has 0 aliphatic carbocycles. The van der Waals surface area contributed by atoms with Gasteiger partial charge in [-0.2, -0.15) is 0 Å². The average molecular weight is 460 g/mol. The number of nitrogens with zero attached hydrogens (tertiary/aromatic N) is 2. The van der Waals surface area contributed by atoms with E-state index in [0.29, 0.717) is 21.8 Å². The molecule has 0 saturated heterocycles. The van der Waals surface area contributed by atoms with E-state index in [-0.39, 0.29) is 11.2 Å². The van der Waals surface area contributed by atoms with Crippen LogP contribution in [0.2, 0.25) is 0 Å². The van der Waals surface area contributed by atoms with Crippen LogP contribution in [0.15, 0.2) is 62.4 Å². The van der Waals surface area contributed by atoms with Crippen LogP contribution in [0.3, 0.4) is 0 Å². The van der Waals surface area contributed by atoms with Gasteiger partial charge < -0.3 is 14.5 Å². The van der Waals surface area contributed by atoms with Crippen LogP contribution in [-0.4, -0.2) is 27.8 Å². The van der Waals surface area contributed by atoms with Gasteiger partial charge in [0.1, 0.15) is 11.4 Å². The molecule has 0 bridgehead atoms. The van der Waals surface area contributed by atoms with E-state index in [1.165, 1.54) is 10.8 Å². The number of nitrogens with one attached hydrogen (secondary N) is 1. The highest BCUT2D eigenvalue weighted by atomic mass is 79.9. The Hall–Kier alpha value is -3.33. The van der Waals surface area contributed by atoms with Crippen molar-refractivity contribution in [2.24, 2.45) is 7.05 Å². The van der Waals surface area contributed by atoms with Crippen LogP contribution in [0, 0.1) is 6.92 Å². The second kappa shape index (κ2) is 8.78. The first-order valence-electron chi connectivity index (χ1n) is 8.61. The van der Waals surface area contributed by atoms with Gasteiger partial charge in [-0.25, -0.2) is 9.48 Å². The molecule has 0 saturated carbocycles. The highest BCUT2D eigenvalue weighted by Crippen LogP contribution is 2.15. The van der Waals surface area contributed by atoms with Crippen molar-refractivity contribution in [3.05, 3.63) is 75.0 Å². The normalized spacial score (nSPS) is 11.0. The summed E-state index contributed by atoms with van der Waals surface area (Å²) in [5, 5.41) is 2.52. The second-order valence-corrected chi connectivity index (χ2v) is 6.85. The number of furan rings is 1. The van der Waals surface area contributed by atoms with Gasteiger partial charge in [0.15, 0.2) is 11.3 Å². The monoisotopic (exact) mass is 459 g/mol. The van der Waals surface area contributed by atoms with Crippen molar-refractivity contribution in [1.82, 2.24) is 9.36 Å². The predicted octanol–water partition coefficient (Wildman–Crippen LogP) is 3.04. The number of aromatic nitrogens is 2. The van der Waals surface area contributed by atoms with Gasteiger partial charge in [0.2, 0.25) is 0 Å². The third-order valence-electron chi connectivity index (χ3n) is 4.14. The molecule has 2 aromatic heterocycles. The zero-order valence-electron chi connectivity index (χ0n) is 15.7. The molecule has 0 aliphatic heterocycles. The van der Waals surface area contributed by atoms with Gasteiger partial charge in [0.25, 0.3) is 11.5 Å². The summed E-state index contributed by atoms with van der Waals surface area (Å²) >= 11 is 3.16. The zero-order chi connectivity index (χ0) is 21.0. The van der Waals surface area contributed by atoms with Gasteiger partial charge >= 0.3 is 5.97 Å². The van der Waals surface area contributed by atoms with Crippen molar-refractivity contribution in [3.8, 4) is 5.69 Å². The Bertz CT molecular complexity index is 1120. The lowest BCUT2D eigenvalue weighted by atomic mass is 10.3. The van der Waals surface area contributed by atoms with Crippen molar-refractivity contribution >= 4 is 39.6 Å².